The molecule has 0 atom stereocenters. The minimum absolute atomic E-state index is 0.489. The topological polar surface area (TPSA) is 50.7 Å². The summed E-state index contributed by atoms with van der Waals surface area (Å²) >= 11 is 6.39. The summed E-state index contributed by atoms with van der Waals surface area (Å²) in [6, 6.07) is 9.70. The minimum atomic E-state index is 0.489. The number of aromatic nitrogens is 3. The molecule has 0 fully saturated rings. The highest BCUT2D eigenvalue weighted by Crippen LogP contribution is 2.15. The number of para-hydroxylation sites is 1. The third kappa shape index (κ3) is 2.97. The number of nitrogens with one attached hydrogen (secondary N) is 1. The zero-order chi connectivity index (χ0) is 10.7. The number of halogens is 2. The van der Waals surface area contributed by atoms with Crippen LogP contribution >= 0.6 is 31.9 Å². The predicted molar refractivity (Wildman–Crippen MR) is 65.0 cm³/mol. The van der Waals surface area contributed by atoms with E-state index in [1.807, 2.05) is 30.3 Å². The molecule has 0 amide bonds. The third-order valence-electron chi connectivity index (χ3n) is 1.61. The van der Waals surface area contributed by atoms with Crippen LogP contribution in [0.5, 0.6) is 0 Å². The van der Waals surface area contributed by atoms with Gasteiger partial charge in [-0.3, -0.25) is 0 Å². The number of nitrogens with zero attached hydrogens (tertiary/aromatic N) is 3. The Balaban J connectivity index is 2.25. The normalized spacial score (nSPS) is 10.0. The molecule has 0 saturated carbocycles. The standard InChI is InChI=1S/C9H6Br2N4/c10-7-13-8(11)15-9(14-7)12-6-4-2-1-3-5-6/h1-5H,(H,12,13,14,15). The molecule has 0 saturated heterocycles. The van der Waals surface area contributed by atoms with Gasteiger partial charge in [0.2, 0.25) is 15.4 Å². The van der Waals surface area contributed by atoms with Crippen LogP contribution < -0.4 is 5.32 Å². The highest BCUT2D eigenvalue weighted by atomic mass is 79.9. The molecule has 0 aliphatic carbocycles. The van der Waals surface area contributed by atoms with Crippen molar-refractivity contribution in [1.29, 1.82) is 0 Å². The number of hydrogen-bond acceptors (Lipinski definition) is 4. The van der Waals surface area contributed by atoms with Gasteiger partial charge in [0.1, 0.15) is 0 Å². The molecule has 6 heteroatoms. The first-order valence-electron chi connectivity index (χ1n) is 4.13. The molecule has 1 aromatic carbocycles. The summed E-state index contributed by atoms with van der Waals surface area (Å²) < 4.78 is 0.977. The van der Waals surface area contributed by atoms with Crippen molar-refractivity contribution in [3.8, 4) is 0 Å². The van der Waals surface area contributed by atoms with Crippen LogP contribution in [-0.2, 0) is 0 Å². The molecule has 1 heterocycles. The zero-order valence-corrected chi connectivity index (χ0v) is 10.7. The quantitative estimate of drug-likeness (QED) is 0.919. The molecular weight excluding hydrogens is 324 g/mol. The second kappa shape index (κ2) is 4.67. The molecule has 0 aliphatic rings. The van der Waals surface area contributed by atoms with E-state index in [0.717, 1.165) is 5.69 Å². The van der Waals surface area contributed by atoms with Crippen molar-refractivity contribution in [3.63, 3.8) is 0 Å². The second-order valence-corrected chi connectivity index (χ2v) is 4.11. The van der Waals surface area contributed by atoms with Crippen LogP contribution in [0.2, 0.25) is 0 Å². The predicted octanol–water partition coefficient (Wildman–Crippen LogP) is 3.14. The van der Waals surface area contributed by atoms with Crippen molar-refractivity contribution >= 4 is 43.5 Å². The van der Waals surface area contributed by atoms with E-state index in [0.29, 0.717) is 15.4 Å². The molecular formula is C9H6Br2N4. The lowest BCUT2D eigenvalue weighted by molar-refractivity contribution is 0.982. The second-order valence-electron chi connectivity index (χ2n) is 2.69. The van der Waals surface area contributed by atoms with E-state index in [4.69, 9.17) is 0 Å². The highest BCUT2D eigenvalue weighted by molar-refractivity contribution is 9.11. The van der Waals surface area contributed by atoms with Gasteiger partial charge in [0.15, 0.2) is 0 Å². The maximum Gasteiger partial charge on any atom is 0.232 e. The lowest BCUT2D eigenvalue weighted by Gasteiger charge is -2.04. The number of benzene rings is 1. The van der Waals surface area contributed by atoms with Crippen molar-refractivity contribution in [3.05, 3.63) is 39.8 Å². The molecule has 1 N–H and O–H groups in total. The van der Waals surface area contributed by atoms with Crippen LogP contribution in [-0.4, -0.2) is 15.0 Å². The van der Waals surface area contributed by atoms with E-state index >= 15 is 0 Å². The maximum absolute atomic E-state index is 4.08. The molecule has 0 spiro atoms. The van der Waals surface area contributed by atoms with Gasteiger partial charge in [-0.05, 0) is 44.0 Å². The number of hydrogen-bond donors (Lipinski definition) is 1. The summed E-state index contributed by atoms with van der Waals surface area (Å²) in [5, 5.41) is 3.06. The smallest absolute Gasteiger partial charge is 0.232 e. The summed E-state index contributed by atoms with van der Waals surface area (Å²) in [6.45, 7) is 0. The Morgan fingerprint density at radius 2 is 1.47 bits per heavy atom. The lowest BCUT2D eigenvalue weighted by Crippen LogP contribution is -1.99. The van der Waals surface area contributed by atoms with Gasteiger partial charge >= 0.3 is 0 Å². The van der Waals surface area contributed by atoms with Crippen LogP contribution in [0.3, 0.4) is 0 Å². The van der Waals surface area contributed by atoms with Crippen molar-refractivity contribution in [2.24, 2.45) is 0 Å². The Bertz CT molecular complexity index is 441. The Morgan fingerprint density at radius 3 is 2.07 bits per heavy atom. The van der Waals surface area contributed by atoms with Gasteiger partial charge in [0, 0.05) is 5.69 Å². The van der Waals surface area contributed by atoms with E-state index in [9.17, 15) is 0 Å². The van der Waals surface area contributed by atoms with E-state index in [2.05, 4.69) is 52.1 Å². The average Bonchev–Trinajstić information content (AvgIpc) is 2.17. The SMILES string of the molecule is Brc1nc(Br)nc(Nc2ccccc2)n1. The molecule has 0 radical (unpaired) electrons. The first-order valence-corrected chi connectivity index (χ1v) is 5.72. The summed E-state index contributed by atoms with van der Waals surface area (Å²) in [5.74, 6) is 0.495. The minimum Gasteiger partial charge on any atom is -0.324 e. The van der Waals surface area contributed by atoms with Crippen molar-refractivity contribution in [2.75, 3.05) is 5.32 Å². The maximum atomic E-state index is 4.08. The molecule has 1 aromatic heterocycles. The number of rotatable bonds is 2. The van der Waals surface area contributed by atoms with Gasteiger partial charge in [-0.25, -0.2) is 0 Å². The van der Waals surface area contributed by atoms with Gasteiger partial charge in [-0.1, -0.05) is 18.2 Å². The number of anilines is 2. The van der Waals surface area contributed by atoms with Crippen LogP contribution in [0.1, 0.15) is 0 Å². The van der Waals surface area contributed by atoms with E-state index in [1.165, 1.54) is 0 Å². The van der Waals surface area contributed by atoms with Gasteiger partial charge in [0.25, 0.3) is 0 Å². The molecule has 0 aliphatic heterocycles. The van der Waals surface area contributed by atoms with Gasteiger partial charge in [0.05, 0.1) is 0 Å². The molecule has 2 aromatic rings. The fraction of sp³-hybridized carbons (Fsp3) is 0. The monoisotopic (exact) mass is 328 g/mol. The Morgan fingerprint density at radius 1 is 0.867 bits per heavy atom. The van der Waals surface area contributed by atoms with Gasteiger partial charge in [-0.15, -0.1) is 0 Å². The lowest BCUT2D eigenvalue weighted by atomic mass is 10.3. The third-order valence-corrected chi connectivity index (χ3v) is 2.32. The average molecular weight is 330 g/mol. The Labute approximate surface area is 103 Å². The Hall–Kier alpha value is -1.01. The summed E-state index contributed by atoms with van der Waals surface area (Å²) in [7, 11) is 0. The fourth-order valence-corrected chi connectivity index (χ4v) is 1.94. The molecule has 15 heavy (non-hydrogen) atoms. The highest BCUT2D eigenvalue weighted by Gasteiger charge is 2.01. The molecule has 4 nitrogen and oxygen atoms in total. The van der Waals surface area contributed by atoms with Crippen molar-refractivity contribution in [1.82, 2.24) is 15.0 Å². The van der Waals surface area contributed by atoms with E-state index in [-0.39, 0.29) is 0 Å². The van der Waals surface area contributed by atoms with Crippen molar-refractivity contribution in [2.45, 2.75) is 0 Å². The van der Waals surface area contributed by atoms with E-state index in [1.54, 1.807) is 0 Å². The molecule has 2 rings (SSSR count). The zero-order valence-electron chi connectivity index (χ0n) is 7.48. The summed E-state index contributed by atoms with van der Waals surface area (Å²) in [5.41, 5.74) is 0.933. The first-order chi connectivity index (χ1) is 7.24. The molecule has 0 bridgehead atoms. The largest absolute Gasteiger partial charge is 0.324 e. The molecule has 76 valence electrons. The Kier molecular flexibility index (Phi) is 3.27. The van der Waals surface area contributed by atoms with Crippen LogP contribution in [0, 0.1) is 0 Å². The first kappa shape index (κ1) is 10.5. The summed E-state index contributed by atoms with van der Waals surface area (Å²) in [4.78, 5) is 12.1. The van der Waals surface area contributed by atoms with Gasteiger partial charge in [-0.2, -0.15) is 15.0 Å². The van der Waals surface area contributed by atoms with Gasteiger partial charge < -0.3 is 5.32 Å². The fourth-order valence-electron chi connectivity index (χ4n) is 1.03. The van der Waals surface area contributed by atoms with Crippen LogP contribution in [0.25, 0.3) is 0 Å². The summed E-state index contributed by atoms with van der Waals surface area (Å²) in [6.07, 6.45) is 0. The van der Waals surface area contributed by atoms with Crippen LogP contribution in [0.4, 0.5) is 11.6 Å². The van der Waals surface area contributed by atoms with Crippen LogP contribution in [0.15, 0.2) is 39.8 Å². The molecule has 0 unspecified atom stereocenters. The van der Waals surface area contributed by atoms with Crippen molar-refractivity contribution < 1.29 is 0 Å². The van der Waals surface area contributed by atoms with E-state index < -0.39 is 0 Å².